The molecule has 0 aliphatic rings. The minimum Gasteiger partial charge on any atom is -0.480 e. The number of rotatable bonds is 2. The molecule has 0 fully saturated rings. The van der Waals surface area contributed by atoms with Gasteiger partial charge >= 0.3 is 5.97 Å². The van der Waals surface area contributed by atoms with Gasteiger partial charge in [0.25, 0.3) is 0 Å². The van der Waals surface area contributed by atoms with Crippen LogP contribution in [0.4, 0.5) is 0 Å². The van der Waals surface area contributed by atoms with Gasteiger partial charge in [-0.1, -0.05) is 0 Å². The molecule has 0 aromatic rings. The normalized spacial score (nSPS) is 17.4. The molecule has 0 amide bonds. The summed E-state index contributed by atoms with van der Waals surface area (Å²) in [5, 5.41) is 8.24. The van der Waals surface area contributed by atoms with Gasteiger partial charge in [-0.05, 0) is 6.92 Å². The van der Waals surface area contributed by atoms with E-state index in [0.29, 0.717) is 0 Å². The number of carboxylic acid groups (broad SMARTS) is 1. The average molecular weight is 118 g/mol. The lowest BCUT2D eigenvalue weighted by atomic mass is 10.1. The first-order valence-corrected chi connectivity index (χ1v) is 2.23. The third kappa shape index (κ3) is 1.48. The molecule has 1 unspecified atom stereocenters. The van der Waals surface area contributed by atoms with Crippen molar-refractivity contribution in [2.45, 2.75) is 12.5 Å². The summed E-state index contributed by atoms with van der Waals surface area (Å²) >= 11 is 0. The number of hydrogen-bond acceptors (Lipinski definition) is 3. The Morgan fingerprint density at radius 2 is 2.25 bits per heavy atom. The highest BCUT2D eigenvalue weighted by molar-refractivity contribution is 5.78. The highest BCUT2D eigenvalue weighted by Crippen LogP contribution is 1.92. The Bertz CT molecular complexity index is 100. The van der Waals surface area contributed by atoms with Crippen molar-refractivity contribution >= 4 is 5.97 Å². The van der Waals surface area contributed by atoms with Gasteiger partial charge in [0.05, 0.1) is 0 Å². The van der Waals surface area contributed by atoms with Gasteiger partial charge in [-0.25, -0.2) is 0 Å². The van der Waals surface area contributed by atoms with Crippen LogP contribution >= 0.6 is 0 Å². The number of carboxylic acids is 1. The second-order valence-corrected chi connectivity index (χ2v) is 1.93. The van der Waals surface area contributed by atoms with Gasteiger partial charge in [0.2, 0.25) is 0 Å². The third-order valence-corrected chi connectivity index (χ3v) is 0.913. The molecule has 0 heterocycles. The maximum atomic E-state index is 10.0. The second kappa shape index (κ2) is 2.11. The molecule has 0 aromatic carbocycles. The lowest BCUT2D eigenvalue weighted by molar-refractivity contribution is -0.142. The fourth-order valence-electron chi connectivity index (χ4n) is 0.0873. The minimum absolute atomic E-state index is 0.0394. The van der Waals surface area contributed by atoms with E-state index in [1.807, 2.05) is 0 Å². The van der Waals surface area contributed by atoms with Gasteiger partial charge in [0.15, 0.2) is 0 Å². The zero-order valence-electron chi connectivity index (χ0n) is 4.72. The topological polar surface area (TPSA) is 89.3 Å². The SMILES string of the molecule is CC(N)(CN)C(=O)O. The number of carbonyl (C=O) groups is 1. The first-order chi connectivity index (χ1) is 3.50. The van der Waals surface area contributed by atoms with E-state index < -0.39 is 11.5 Å². The van der Waals surface area contributed by atoms with Crippen LogP contribution in [0.3, 0.4) is 0 Å². The number of nitrogens with two attached hydrogens (primary N) is 2. The van der Waals surface area contributed by atoms with E-state index in [2.05, 4.69) is 0 Å². The predicted octanol–water partition coefficient (Wildman–Crippen LogP) is -1.25. The zero-order chi connectivity index (χ0) is 6.78. The van der Waals surface area contributed by atoms with Gasteiger partial charge in [-0.2, -0.15) is 0 Å². The Morgan fingerprint density at radius 3 is 2.25 bits per heavy atom. The molecule has 48 valence electrons. The van der Waals surface area contributed by atoms with Crippen LogP contribution in [-0.4, -0.2) is 23.2 Å². The highest BCUT2D eigenvalue weighted by atomic mass is 16.4. The summed E-state index contributed by atoms with van der Waals surface area (Å²) < 4.78 is 0. The molecule has 0 saturated carbocycles. The Labute approximate surface area is 47.5 Å². The number of aliphatic carboxylic acids is 1. The Hall–Kier alpha value is -0.610. The van der Waals surface area contributed by atoms with Crippen molar-refractivity contribution in [2.75, 3.05) is 6.54 Å². The van der Waals surface area contributed by atoms with Crippen molar-refractivity contribution in [2.24, 2.45) is 11.5 Å². The van der Waals surface area contributed by atoms with E-state index in [-0.39, 0.29) is 6.54 Å². The van der Waals surface area contributed by atoms with Crippen molar-refractivity contribution in [3.63, 3.8) is 0 Å². The first-order valence-electron chi connectivity index (χ1n) is 2.23. The van der Waals surface area contributed by atoms with Crippen LogP contribution in [0.1, 0.15) is 6.92 Å². The van der Waals surface area contributed by atoms with Crippen molar-refractivity contribution in [3.05, 3.63) is 0 Å². The minimum atomic E-state index is -1.26. The number of hydrogen-bond donors (Lipinski definition) is 3. The second-order valence-electron chi connectivity index (χ2n) is 1.93. The Morgan fingerprint density at radius 1 is 1.88 bits per heavy atom. The van der Waals surface area contributed by atoms with Crippen molar-refractivity contribution in [3.8, 4) is 0 Å². The standard InChI is InChI=1S/C4H10N2O2/c1-4(6,2-5)3(7)8/h2,5-6H2,1H3,(H,7,8). The van der Waals surface area contributed by atoms with E-state index in [1.54, 1.807) is 0 Å². The summed E-state index contributed by atoms with van der Waals surface area (Å²) in [5.41, 5.74) is 8.87. The molecule has 0 saturated heterocycles. The summed E-state index contributed by atoms with van der Waals surface area (Å²) in [6.45, 7) is 1.33. The molecule has 4 nitrogen and oxygen atoms in total. The van der Waals surface area contributed by atoms with E-state index in [1.165, 1.54) is 6.92 Å². The zero-order valence-corrected chi connectivity index (χ0v) is 4.72. The Kier molecular flexibility index (Phi) is 1.94. The molecule has 0 rings (SSSR count). The molecule has 0 aliphatic heterocycles. The molecule has 5 N–H and O–H groups in total. The fourth-order valence-corrected chi connectivity index (χ4v) is 0.0873. The molecular formula is C4H10N2O2. The highest BCUT2D eigenvalue weighted by Gasteiger charge is 2.24. The molecule has 4 heteroatoms. The summed E-state index contributed by atoms with van der Waals surface area (Å²) in [7, 11) is 0. The Balaban J connectivity index is 3.91. The summed E-state index contributed by atoms with van der Waals surface area (Å²) in [4.78, 5) is 10.0. The summed E-state index contributed by atoms with van der Waals surface area (Å²) in [6, 6.07) is 0. The molecule has 0 aromatic heterocycles. The van der Waals surface area contributed by atoms with Crippen molar-refractivity contribution in [1.29, 1.82) is 0 Å². The molecular weight excluding hydrogens is 108 g/mol. The van der Waals surface area contributed by atoms with Crippen LogP contribution in [0, 0.1) is 0 Å². The third-order valence-electron chi connectivity index (χ3n) is 0.913. The van der Waals surface area contributed by atoms with Gasteiger partial charge in [-0.3, -0.25) is 4.79 Å². The average Bonchev–Trinajstić information content (AvgIpc) is 1.67. The van der Waals surface area contributed by atoms with Crippen LogP contribution < -0.4 is 11.5 Å². The van der Waals surface area contributed by atoms with Crippen molar-refractivity contribution in [1.82, 2.24) is 0 Å². The van der Waals surface area contributed by atoms with Crippen molar-refractivity contribution < 1.29 is 9.90 Å². The largest absolute Gasteiger partial charge is 0.480 e. The quantitative estimate of drug-likeness (QED) is 0.422. The molecule has 0 bridgehead atoms. The van der Waals surface area contributed by atoms with E-state index in [4.69, 9.17) is 16.6 Å². The lowest BCUT2D eigenvalue weighted by Crippen LogP contribution is -2.51. The van der Waals surface area contributed by atoms with E-state index in [9.17, 15) is 4.79 Å². The molecule has 0 radical (unpaired) electrons. The maximum Gasteiger partial charge on any atom is 0.324 e. The van der Waals surface area contributed by atoms with Crippen LogP contribution in [0.25, 0.3) is 0 Å². The maximum absolute atomic E-state index is 10.0. The fraction of sp³-hybridized carbons (Fsp3) is 0.750. The smallest absolute Gasteiger partial charge is 0.324 e. The van der Waals surface area contributed by atoms with Crippen LogP contribution in [0.2, 0.25) is 0 Å². The molecule has 0 spiro atoms. The van der Waals surface area contributed by atoms with E-state index >= 15 is 0 Å². The van der Waals surface area contributed by atoms with Gasteiger partial charge in [0.1, 0.15) is 5.54 Å². The van der Waals surface area contributed by atoms with Crippen LogP contribution in [-0.2, 0) is 4.79 Å². The molecule has 0 aliphatic carbocycles. The van der Waals surface area contributed by atoms with Crippen LogP contribution in [0.5, 0.6) is 0 Å². The predicted molar refractivity (Wildman–Crippen MR) is 29.3 cm³/mol. The van der Waals surface area contributed by atoms with Gasteiger partial charge in [0, 0.05) is 6.54 Å². The van der Waals surface area contributed by atoms with Gasteiger partial charge in [-0.15, -0.1) is 0 Å². The monoisotopic (exact) mass is 118 g/mol. The first kappa shape index (κ1) is 7.39. The van der Waals surface area contributed by atoms with Crippen LogP contribution in [0.15, 0.2) is 0 Å². The van der Waals surface area contributed by atoms with Gasteiger partial charge < -0.3 is 16.6 Å². The molecule has 1 atom stereocenters. The molecule has 8 heavy (non-hydrogen) atoms. The summed E-state index contributed by atoms with van der Waals surface area (Å²) in [5.74, 6) is -1.07. The summed E-state index contributed by atoms with van der Waals surface area (Å²) in [6.07, 6.45) is 0. The van der Waals surface area contributed by atoms with E-state index in [0.717, 1.165) is 0 Å². The lowest BCUT2D eigenvalue weighted by Gasteiger charge is -2.14.